The Hall–Kier alpha value is -1.41. The SMILES string of the molecule is CB[C@@H]1O[C@H](COP(=O)(Oc2ccccc2)[C@@H](C)C(=O)OC(C)C)C(OC)[C@@H]1F. The third-order valence-electron chi connectivity index (χ3n) is 4.62. The normalized spacial score (nSPS) is 27.3. The number of para-hydroxylation sites is 1. The molecule has 29 heavy (non-hydrogen) atoms. The minimum absolute atomic E-state index is 0.251. The summed E-state index contributed by atoms with van der Waals surface area (Å²) in [6, 6.07) is 7.76. The Bertz CT molecular complexity index is 705. The number of benzene rings is 1. The van der Waals surface area contributed by atoms with Gasteiger partial charge in [-0.1, -0.05) is 25.0 Å². The molecular weight excluding hydrogens is 401 g/mol. The number of methoxy groups -OCH3 is 1. The van der Waals surface area contributed by atoms with Gasteiger partial charge in [-0.05, 0) is 32.9 Å². The van der Waals surface area contributed by atoms with E-state index in [1.807, 2.05) is 0 Å². The Kier molecular flexibility index (Phi) is 8.70. The first kappa shape index (κ1) is 23.9. The van der Waals surface area contributed by atoms with Crippen molar-refractivity contribution < 1.29 is 37.0 Å². The molecule has 0 amide bonds. The fourth-order valence-corrected chi connectivity index (χ4v) is 4.54. The number of hydrogen-bond donors (Lipinski definition) is 0. The van der Waals surface area contributed by atoms with E-state index in [1.54, 1.807) is 51.0 Å². The van der Waals surface area contributed by atoms with Gasteiger partial charge in [0.15, 0.2) is 12.9 Å². The molecule has 0 saturated carbocycles. The molecule has 10 heteroatoms. The number of ether oxygens (including phenoxy) is 3. The number of alkyl halides is 1. The molecular formula is C19H29BFO7P. The first-order chi connectivity index (χ1) is 13.7. The van der Waals surface area contributed by atoms with Crippen LogP contribution in [-0.4, -0.2) is 63.1 Å². The van der Waals surface area contributed by atoms with Gasteiger partial charge in [0.05, 0.1) is 18.7 Å². The van der Waals surface area contributed by atoms with Crippen LogP contribution in [0.15, 0.2) is 30.3 Å². The molecule has 0 aromatic heterocycles. The van der Waals surface area contributed by atoms with Gasteiger partial charge in [-0.2, -0.15) is 0 Å². The number of hydrogen-bond acceptors (Lipinski definition) is 7. The fourth-order valence-electron chi connectivity index (χ4n) is 3.01. The summed E-state index contributed by atoms with van der Waals surface area (Å²) in [5.74, 6) is -0.421. The maximum atomic E-state index is 14.4. The van der Waals surface area contributed by atoms with E-state index >= 15 is 0 Å². The minimum atomic E-state index is -4.01. The Morgan fingerprint density at radius 1 is 1.28 bits per heavy atom. The van der Waals surface area contributed by atoms with Crippen molar-refractivity contribution in [3.63, 3.8) is 0 Å². The van der Waals surface area contributed by atoms with E-state index in [-0.39, 0.29) is 18.5 Å². The van der Waals surface area contributed by atoms with Gasteiger partial charge in [-0.3, -0.25) is 9.32 Å². The molecule has 162 valence electrons. The van der Waals surface area contributed by atoms with Crippen molar-refractivity contribution >= 4 is 20.8 Å². The smallest absolute Gasteiger partial charge is 0.393 e. The van der Waals surface area contributed by atoms with E-state index in [0.717, 1.165) is 0 Å². The average Bonchev–Trinajstić information content (AvgIpc) is 3.00. The molecule has 0 spiro atoms. The van der Waals surface area contributed by atoms with E-state index in [4.69, 9.17) is 23.3 Å². The predicted octanol–water partition coefficient (Wildman–Crippen LogP) is 3.18. The lowest BCUT2D eigenvalue weighted by Crippen LogP contribution is -2.35. The summed E-state index contributed by atoms with van der Waals surface area (Å²) in [7, 11) is -2.17. The summed E-state index contributed by atoms with van der Waals surface area (Å²) in [6.07, 6.45) is -3.34. The van der Waals surface area contributed by atoms with E-state index in [1.165, 1.54) is 14.0 Å². The highest BCUT2D eigenvalue weighted by molar-refractivity contribution is 7.56. The topological polar surface area (TPSA) is 80.3 Å². The summed E-state index contributed by atoms with van der Waals surface area (Å²) in [4.78, 5) is 12.4. The Balaban J connectivity index is 2.19. The molecule has 0 aliphatic carbocycles. The van der Waals surface area contributed by atoms with Gasteiger partial charge >= 0.3 is 13.6 Å². The van der Waals surface area contributed by atoms with Crippen molar-refractivity contribution in [1.29, 1.82) is 0 Å². The number of carbonyl (C=O) groups is 1. The van der Waals surface area contributed by atoms with Gasteiger partial charge in [0.2, 0.25) is 0 Å². The van der Waals surface area contributed by atoms with Gasteiger partial charge in [0.25, 0.3) is 0 Å². The molecule has 0 bridgehead atoms. The summed E-state index contributed by atoms with van der Waals surface area (Å²) in [5.41, 5.74) is -1.18. The van der Waals surface area contributed by atoms with Crippen LogP contribution in [0.5, 0.6) is 5.75 Å². The van der Waals surface area contributed by atoms with Crippen LogP contribution in [0.2, 0.25) is 6.82 Å². The van der Waals surface area contributed by atoms with Gasteiger partial charge in [-0.25, -0.2) is 8.96 Å². The number of rotatable bonds is 10. The highest BCUT2D eigenvalue weighted by Crippen LogP contribution is 2.53. The monoisotopic (exact) mass is 430 g/mol. The van der Waals surface area contributed by atoms with Crippen LogP contribution in [0, 0.1) is 0 Å². The second-order valence-electron chi connectivity index (χ2n) is 7.17. The molecule has 7 nitrogen and oxygen atoms in total. The van der Waals surface area contributed by atoms with Crippen molar-refractivity contribution in [2.24, 2.45) is 0 Å². The largest absolute Gasteiger partial charge is 0.462 e. The first-order valence-corrected chi connectivity index (χ1v) is 11.3. The van der Waals surface area contributed by atoms with Gasteiger partial charge in [0.1, 0.15) is 24.1 Å². The number of carbonyl (C=O) groups excluding carboxylic acids is 1. The minimum Gasteiger partial charge on any atom is -0.462 e. The first-order valence-electron chi connectivity index (χ1n) is 9.73. The van der Waals surface area contributed by atoms with E-state index in [2.05, 4.69) is 0 Å². The van der Waals surface area contributed by atoms with Crippen molar-refractivity contribution in [3.8, 4) is 5.75 Å². The van der Waals surface area contributed by atoms with Gasteiger partial charge < -0.3 is 18.7 Å². The van der Waals surface area contributed by atoms with Crippen LogP contribution < -0.4 is 4.52 Å². The van der Waals surface area contributed by atoms with Crippen molar-refractivity contribution in [1.82, 2.24) is 0 Å². The average molecular weight is 430 g/mol. The lowest BCUT2D eigenvalue weighted by atomic mass is 9.72. The van der Waals surface area contributed by atoms with Crippen molar-refractivity contribution in [3.05, 3.63) is 30.3 Å². The third-order valence-corrected chi connectivity index (χ3v) is 6.76. The molecule has 1 heterocycles. The van der Waals surface area contributed by atoms with Crippen LogP contribution in [0.3, 0.4) is 0 Å². The lowest BCUT2D eigenvalue weighted by Gasteiger charge is -2.26. The van der Waals surface area contributed by atoms with Crippen LogP contribution in [0.4, 0.5) is 4.39 Å². The molecule has 2 rings (SSSR count). The van der Waals surface area contributed by atoms with E-state index in [0.29, 0.717) is 7.28 Å². The molecule has 2 unspecified atom stereocenters. The number of esters is 1. The molecule has 1 aliphatic rings. The molecule has 6 atom stereocenters. The van der Waals surface area contributed by atoms with Crippen molar-refractivity contribution in [2.45, 2.75) is 63.7 Å². The standard InChI is InChI=1S/C19H29BFO7P/c1-12(2)26-19(22)13(3)29(23,28-14-9-7-6-8-10-14)25-11-15-17(24-5)16(21)18(20-4)27-15/h6-10,12-13,15-18,20H,11H2,1-5H3/t13-,15+,16-,17?,18+,29?/m0/s1. The summed E-state index contributed by atoms with van der Waals surface area (Å²) in [6.45, 7) is 6.36. The van der Waals surface area contributed by atoms with Crippen LogP contribution in [-0.2, 0) is 28.1 Å². The zero-order chi connectivity index (χ0) is 21.6. The highest BCUT2D eigenvalue weighted by atomic mass is 31.2. The summed E-state index contributed by atoms with van der Waals surface area (Å²) >= 11 is 0. The lowest BCUT2D eigenvalue weighted by molar-refractivity contribution is -0.146. The quantitative estimate of drug-likeness (QED) is 0.321. The highest BCUT2D eigenvalue weighted by Gasteiger charge is 2.47. The van der Waals surface area contributed by atoms with Crippen molar-refractivity contribution in [2.75, 3.05) is 13.7 Å². The predicted molar refractivity (Wildman–Crippen MR) is 109 cm³/mol. The zero-order valence-corrected chi connectivity index (χ0v) is 18.3. The molecule has 1 saturated heterocycles. The molecule has 1 aliphatic heterocycles. The maximum Gasteiger partial charge on any atom is 0.393 e. The fraction of sp³-hybridized carbons (Fsp3) is 0.632. The summed E-state index contributed by atoms with van der Waals surface area (Å²) < 4.78 is 55.3. The molecule has 1 aromatic rings. The van der Waals surface area contributed by atoms with E-state index in [9.17, 15) is 13.8 Å². The van der Waals surface area contributed by atoms with Crippen LogP contribution in [0.25, 0.3) is 0 Å². The molecule has 1 fully saturated rings. The van der Waals surface area contributed by atoms with E-state index < -0.39 is 43.6 Å². The maximum absolute atomic E-state index is 14.4. The number of halogens is 1. The Morgan fingerprint density at radius 3 is 2.48 bits per heavy atom. The zero-order valence-electron chi connectivity index (χ0n) is 17.4. The van der Waals surface area contributed by atoms with Gasteiger partial charge in [0, 0.05) is 7.11 Å². The van der Waals surface area contributed by atoms with Crippen LogP contribution >= 0.6 is 7.60 Å². The summed E-state index contributed by atoms with van der Waals surface area (Å²) in [5, 5.41) is 0. The molecule has 0 N–H and O–H groups in total. The molecule has 1 aromatic carbocycles. The second kappa shape index (κ2) is 10.6. The Labute approximate surface area is 172 Å². The van der Waals surface area contributed by atoms with Gasteiger partial charge in [-0.15, -0.1) is 0 Å². The Morgan fingerprint density at radius 2 is 1.93 bits per heavy atom. The van der Waals surface area contributed by atoms with Crippen LogP contribution in [0.1, 0.15) is 20.8 Å². The molecule has 0 radical (unpaired) electrons. The second-order valence-corrected chi connectivity index (χ2v) is 9.46. The third kappa shape index (κ3) is 6.04.